The third kappa shape index (κ3) is 2.85. The van der Waals surface area contributed by atoms with Crippen LogP contribution in [-0.4, -0.2) is 12.3 Å². The monoisotopic (exact) mass is 225 g/mol. The molecule has 2 heteroatoms. The molecule has 0 aromatic heterocycles. The zero-order valence-corrected chi connectivity index (χ0v) is 11.3. The van der Waals surface area contributed by atoms with E-state index in [0.29, 0.717) is 24.2 Å². The lowest BCUT2D eigenvalue weighted by Gasteiger charge is -2.36. The lowest BCUT2D eigenvalue weighted by Crippen LogP contribution is -2.41. The Hall–Kier alpha value is -0.370. The molecule has 1 fully saturated rings. The number of nitrogens with two attached hydrogens (primary N) is 1. The number of hydrogen-bond acceptors (Lipinski definition) is 2. The minimum atomic E-state index is -0.290. The molecule has 0 saturated heterocycles. The lowest BCUT2D eigenvalue weighted by atomic mass is 9.68. The van der Waals surface area contributed by atoms with Crippen LogP contribution in [0.4, 0.5) is 0 Å². The third-order valence-corrected chi connectivity index (χ3v) is 4.38. The molecule has 3 unspecified atom stereocenters. The van der Waals surface area contributed by atoms with E-state index < -0.39 is 0 Å². The molecule has 0 aliphatic heterocycles. The van der Waals surface area contributed by atoms with Crippen molar-refractivity contribution in [3.8, 4) is 0 Å². The van der Waals surface area contributed by atoms with Gasteiger partial charge in [0, 0.05) is 17.9 Å². The lowest BCUT2D eigenvalue weighted by molar-refractivity contribution is -0.133. The zero-order chi connectivity index (χ0) is 12.3. The van der Waals surface area contributed by atoms with Crippen molar-refractivity contribution in [2.75, 3.05) is 6.54 Å². The van der Waals surface area contributed by atoms with Gasteiger partial charge in [0.05, 0.1) is 0 Å². The maximum absolute atomic E-state index is 12.5. The summed E-state index contributed by atoms with van der Waals surface area (Å²) in [5.41, 5.74) is 5.48. The smallest absolute Gasteiger partial charge is 0.143 e. The van der Waals surface area contributed by atoms with E-state index in [0.717, 1.165) is 19.3 Å². The van der Waals surface area contributed by atoms with Crippen LogP contribution in [0, 0.1) is 23.2 Å². The highest BCUT2D eigenvalue weighted by Crippen LogP contribution is 2.37. The van der Waals surface area contributed by atoms with Gasteiger partial charge in [-0.1, -0.05) is 27.7 Å². The van der Waals surface area contributed by atoms with E-state index in [4.69, 9.17) is 5.73 Å². The SMILES string of the molecule is CCC(C)(CN)C(=O)C1CC(C)CC(C)C1. The highest BCUT2D eigenvalue weighted by molar-refractivity contribution is 5.87. The van der Waals surface area contributed by atoms with Gasteiger partial charge < -0.3 is 5.73 Å². The molecule has 0 aromatic carbocycles. The molecular formula is C14H27NO. The number of rotatable bonds is 4. The third-order valence-electron chi connectivity index (χ3n) is 4.38. The van der Waals surface area contributed by atoms with Gasteiger partial charge in [-0.3, -0.25) is 4.79 Å². The number of Topliss-reactive ketones (excluding diaryl/α,β-unsaturated/α-hetero) is 1. The second kappa shape index (κ2) is 5.31. The molecule has 0 spiro atoms. The van der Waals surface area contributed by atoms with Crippen LogP contribution in [0.25, 0.3) is 0 Å². The maximum atomic E-state index is 12.5. The van der Waals surface area contributed by atoms with Crippen molar-refractivity contribution >= 4 is 5.78 Å². The van der Waals surface area contributed by atoms with E-state index in [1.54, 1.807) is 0 Å². The van der Waals surface area contributed by atoms with Gasteiger partial charge in [-0.15, -0.1) is 0 Å². The van der Waals surface area contributed by atoms with E-state index in [1.165, 1.54) is 6.42 Å². The van der Waals surface area contributed by atoms with Crippen molar-refractivity contribution in [1.29, 1.82) is 0 Å². The highest BCUT2D eigenvalue weighted by atomic mass is 16.1. The summed E-state index contributed by atoms with van der Waals surface area (Å²) in [5.74, 6) is 2.05. The predicted octanol–water partition coefficient (Wildman–Crippen LogP) is 3.00. The fraction of sp³-hybridized carbons (Fsp3) is 0.929. The summed E-state index contributed by atoms with van der Waals surface area (Å²) in [5, 5.41) is 0. The van der Waals surface area contributed by atoms with Crippen molar-refractivity contribution in [2.45, 2.75) is 53.4 Å². The molecule has 16 heavy (non-hydrogen) atoms. The quantitative estimate of drug-likeness (QED) is 0.799. The van der Waals surface area contributed by atoms with Gasteiger partial charge in [0.1, 0.15) is 5.78 Å². The van der Waals surface area contributed by atoms with E-state index in [-0.39, 0.29) is 11.3 Å². The molecule has 94 valence electrons. The van der Waals surface area contributed by atoms with Crippen LogP contribution in [0.5, 0.6) is 0 Å². The molecule has 0 bridgehead atoms. The minimum absolute atomic E-state index is 0.257. The Balaban J connectivity index is 2.73. The van der Waals surface area contributed by atoms with Crippen LogP contribution < -0.4 is 5.73 Å². The Morgan fingerprint density at radius 1 is 1.25 bits per heavy atom. The van der Waals surface area contributed by atoms with Crippen molar-refractivity contribution < 1.29 is 4.79 Å². The van der Waals surface area contributed by atoms with Crippen molar-refractivity contribution in [3.05, 3.63) is 0 Å². The summed E-state index contributed by atoms with van der Waals surface area (Å²) in [6.07, 6.45) is 4.27. The predicted molar refractivity (Wildman–Crippen MR) is 68.1 cm³/mol. The molecule has 1 aliphatic rings. The van der Waals surface area contributed by atoms with E-state index >= 15 is 0 Å². The zero-order valence-electron chi connectivity index (χ0n) is 11.3. The summed E-state index contributed by atoms with van der Waals surface area (Å²) in [4.78, 5) is 12.5. The topological polar surface area (TPSA) is 43.1 Å². The molecule has 2 nitrogen and oxygen atoms in total. The van der Waals surface area contributed by atoms with Crippen LogP contribution in [0.15, 0.2) is 0 Å². The molecule has 0 aromatic rings. The summed E-state index contributed by atoms with van der Waals surface area (Å²) in [6.45, 7) is 9.12. The van der Waals surface area contributed by atoms with Crippen LogP contribution in [0.1, 0.15) is 53.4 Å². The van der Waals surface area contributed by atoms with Gasteiger partial charge >= 0.3 is 0 Å². The van der Waals surface area contributed by atoms with Crippen molar-refractivity contribution in [3.63, 3.8) is 0 Å². The molecule has 0 heterocycles. The Kier molecular flexibility index (Phi) is 4.54. The van der Waals surface area contributed by atoms with Gasteiger partial charge in [-0.25, -0.2) is 0 Å². The van der Waals surface area contributed by atoms with E-state index in [1.807, 2.05) is 6.92 Å². The summed E-state index contributed by atoms with van der Waals surface area (Å²) in [7, 11) is 0. The normalized spacial score (nSPS) is 34.4. The van der Waals surface area contributed by atoms with Crippen molar-refractivity contribution in [1.82, 2.24) is 0 Å². The summed E-state index contributed by atoms with van der Waals surface area (Å²) >= 11 is 0. The first-order chi connectivity index (χ1) is 7.42. The first-order valence-electron chi connectivity index (χ1n) is 6.67. The summed E-state index contributed by atoms with van der Waals surface area (Å²) in [6, 6.07) is 0. The molecule has 2 N–H and O–H groups in total. The molecular weight excluding hydrogens is 198 g/mol. The second-order valence-corrected chi connectivity index (χ2v) is 6.10. The fourth-order valence-corrected chi connectivity index (χ4v) is 3.07. The van der Waals surface area contributed by atoms with Gasteiger partial charge in [0.2, 0.25) is 0 Å². The van der Waals surface area contributed by atoms with Crippen LogP contribution in [0.2, 0.25) is 0 Å². The number of carbonyl (C=O) groups is 1. The van der Waals surface area contributed by atoms with Gasteiger partial charge in [0.25, 0.3) is 0 Å². The molecule has 0 radical (unpaired) electrons. The van der Waals surface area contributed by atoms with Crippen LogP contribution >= 0.6 is 0 Å². The Morgan fingerprint density at radius 3 is 2.12 bits per heavy atom. The number of hydrogen-bond donors (Lipinski definition) is 1. The minimum Gasteiger partial charge on any atom is -0.329 e. The summed E-state index contributed by atoms with van der Waals surface area (Å²) < 4.78 is 0. The largest absolute Gasteiger partial charge is 0.329 e. The van der Waals surface area contributed by atoms with Gasteiger partial charge in [0.15, 0.2) is 0 Å². The molecule has 3 atom stereocenters. The van der Waals surface area contributed by atoms with Gasteiger partial charge in [-0.05, 0) is 37.5 Å². The number of ketones is 1. The first kappa shape index (κ1) is 13.7. The molecule has 1 saturated carbocycles. The average Bonchev–Trinajstić information content (AvgIpc) is 2.25. The fourth-order valence-electron chi connectivity index (χ4n) is 3.07. The molecule has 0 amide bonds. The Morgan fingerprint density at radius 2 is 1.75 bits per heavy atom. The van der Waals surface area contributed by atoms with E-state index in [9.17, 15) is 4.79 Å². The number of carbonyl (C=O) groups excluding carboxylic acids is 1. The highest BCUT2D eigenvalue weighted by Gasteiger charge is 2.38. The molecule has 1 rings (SSSR count). The average molecular weight is 225 g/mol. The Bertz CT molecular complexity index is 235. The van der Waals surface area contributed by atoms with Crippen molar-refractivity contribution in [2.24, 2.45) is 28.9 Å². The van der Waals surface area contributed by atoms with E-state index in [2.05, 4.69) is 20.8 Å². The Labute approximate surface area is 100.0 Å². The molecule has 1 aliphatic carbocycles. The van der Waals surface area contributed by atoms with Crippen LogP contribution in [0.3, 0.4) is 0 Å². The maximum Gasteiger partial charge on any atom is 0.143 e. The van der Waals surface area contributed by atoms with Gasteiger partial charge in [-0.2, -0.15) is 0 Å². The standard InChI is InChI=1S/C14H27NO/c1-5-14(4,9-15)13(16)12-7-10(2)6-11(3)8-12/h10-12H,5-9,15H2,1-4H3. The van der Waals surface area contributed by atoms with Crippen LogP contribution in [-0.2, 0) is 4.79 Å². The second-order valence-electron chi connectivity index (χ2n) is 6.10. The first-order valence-corrected chi connectivity index (χ1v) is 6.67.